The molecule has 1 saturated heterocycles. The molecule has 2 amide bonds. The van der Waals surface area contributed by atoms with Gasteiger partial charge in [-0.2, -0.15) is 0 Å². The van der Waals surface area contributed by atoms with Crippen molar-refractivity contribution in [3.8, 4) is 0 Å². The average molecular weight is 436 g/mol. The van der Waals surface area contributed by atoms with Crippen LogP contribution in [0.4, 0.5) is 5.00 Å². The normalized spacial score (nSPS) is 18.9. The van der Waals surface area contributed by atoms with Gasteiger partial charge in [-0.1, -0.05) is 29.8 Å². The van der Waals surface area contributed by atoms with Crippen molar-refractivity contribution in [2.75, 3.05) is 31.1 Å². The van der Waals surface area contributed by atoms with Gasteiger partial charge >= 0.3 is 0 Å². The predicted octanol–water partition coefficient (Wildman–Crippen LogP) is 4.13. The summed E-state index contributed by atoms with van der Waals surface area (Å²) in [6.07, 6.45) is 7.71. The van der Waals surface area contributed by atoms with Gasteiger partial charge in [0.2, 0.25) is 11.8 Å². The molecule has 5 nitrogen and oxygen atoms in total. The summed E-state index contributed by atoms with van der Waals surface area (Å²) < 4.78 is 0. The molecule has 0 N–H and O–H groups in total. The Morgan fingerprint density at radius 3 is 2.55 bits per heavy atom. The van der Waals surface area contributed by atoms with E-state index in [1.165, 1.54) is 28.8 Å². The van der Waals surface area contributed by atoms with Gasteiger partial charge in [-0.15, -0.1) is 11.3 Å². The molecule has 1 aliphatic carbocycles. The second-order valence-electron chi connectivity index (χ2n) is 8.84. The smallest absolute Gasteiger partial charge is 0.249 e. The minimum atomic E-state index is -0.0766. The number of hydrogen-bond donors (Lipinski definition) is 0. The molecule has 0 saturated carbocycles. The molecule has 0 unspecified atom stereocenters. The first-order chi connectivity index (χ1) is 15.1. The summed E-state index contributed by atoms with van der Waals surface area (Å²) in [6.45, 7) is 3.90. The van der Waals surface area contributed by atoms with E-state index in [4.69, 9.17) is 4.99 Å². The van der Waals surface area contributed by atoms with Crippen molar-refractivity contribution in [2.24, 2.45) is 4.99 Å². The maximum atomic E-state index is 13.2. The molecule has 0 bridgehead atoms. The Morgan fingerprint density at radius 1 is 1.03 bits per heavy atom. The molecule has 1 aromatic carbocycles. The largest absolute Gasteiger partial charge is 0.341 e. The Kier molecular flexibility index (Phi) is 5.65. The SMILES string of the molecule is Cc1ccc(C2=NCC(=O)N(CC(=O)N3CCCCC3)c3sc4c(c32)CCCC4)cc1. The van der Waals surface area contributed by atoms with Crippen LogP contribution in [-0.4, -0.2) is 48.6 Å². The Bertz CT molecular complexity index is 1030. The highest BCUT2D eigenvalue weighted by Crippen LogP contribution is 2.42. The molecule has 6 heteroatoms. The fourth-order valence-corrected chi connectivity index (χ4v) is 6.30. The lowest BCUT2D eigenvalue weighted by Gasteiger charge is -2.29. The molecular formula is C25H29N3O2S. The van der Waals surface area contributed by atoms with Crippen molar-refractivity contribution in [1.82, 2.24) is 4.90 Å². The summed E-state index contributed by atoms with van der Waals surface area (Å²) >= 11 is 1.71. The molecule has 2 aromatic rings. The predicted molar refractivity (Wildman–Crippen MR) is 125 cm³/mol. The van der Waals surface area contributed by atoms with E-state index < -0.39 is 0 Å². The average Bonchev–Trinajstić information content (AvgIpc) is 3.12. The van der Waals surface area contributed by atoms with E-state index in [0.717, 1.165) is 67.0 Å². The molecule has 0 radical (unpaired) electrons. The zero-order valence-electron chi connectivity index (χ0n) is 18.2. The zero-order valence-corrected chi connectivity index (χ0v) is 19.0. The number of aryl methyl sites for hydroxylation is 2. The summed E-state index contributed by atoms with van der Waals surface area (Å²) in [6, 6.07) is 8.40. The number of thiophene rings is 1. The van der Waals surface area contributed by atoms with Crippen LogP contribution < -0.4 is 4.90 Å². The van der Waals surface area contributed by atoms with Gasteiger partial charge in [0, 0.05) is 29.1 Å². The van der Waals surface area contributed by atoms with Gasteiger partial charge in [0.05, 0.1) is 5.71 Å². The molecule has 3 heterocycles. The quantitative estimate of drug-likeness (QED) is 0.728. The second-order valence-corrected chi connectivity index (χ2v) is 9.93. The van der Waals surface area contributed by atoms with E-state index in [1.807, 2.05) is 4.90 Å². The number of rotatable bonds is 3. The number of piperidine rings is 1. The monoisotopic (exact) mass is 435 g/mol. The lowest BCUT2D eigenvalue weighted by molar-refractivity contribution is -0.132. The van der Waals surface area contributed by atoms with Gasteiger partial charge in [0.15, 0.2) is 0 Å². The first-order valence-corrected chi connectivity index (χ1v) is 12.3. The van der Waals surface area contributed by atoms with E-state index in [1.54, 1.807) is 16.2 Å². The van der Waals surface area contributed by atoms with Crippen molar-refractivity contribution in [3.05, 3.63) is 51.4 Å². The van der Waals surface area contributed by atoms with E-state index in [-0.39, 0.29) is 24.9 Å². The van der Waals surface area contributed by atoms with E-state index in [9.17, 15) is 9.59 Å². The summed E-state index contributed by atoms with van der Waals surface area (Å²) in [5.41, 5.74) is 5.61. The van der Waals surface area contributed by atoms with Crippen LogP contribution in [0.2, 0.25) is 0 Å². The molecular weight excluding hydrogens is 406 g/mol. The Balaban J connectivity index is 1.56. The lowest BCUT2D eigenvalue weighted by Crippen LogP contribution is -2.45. The highest BCUT2D eigenvalue weighted by Gasteiger charge is 2.34. The van der Waals surface area contributed by atoms with Crippen LogP contribution >= 0.6 is 11.3 Å². The zero-order chi connectivity index (χ0) is 21.4. The summed E-state index contributed by atoms with van der Waals surface area (Å²) in [5.74, 6) is -0.0172. The van der Waals surface area contributed by atoms with E-state index >= 15 is 0 Å². The third-order valence-electron chi connectivity index (χ3n) is 6.64. The molecule has 1 fully saturated rings. The Hall–Kier alpha value is -2.47. The van der Waals surface area contributed by atoms with Crippen LogP contribution in [0.25, 0.3) is 0 Å². The number of carbonyl (C=O) groups is 2. The molecule has 5 rings (SSSR count). The number of carbonyl (C=O) groups excluding carboxylic acids is 2. The van der Waals surface area contributed by atoms with Crippen LogP contribution in [0.5, 0.6) is 0 Å². The van der Waals surface area contributed by atoms with Crippen molar-refractivity contribution in [3.63, 3.8) is 0 Å². The Labute approximate surface area is 187 Å². The number of fused-ring (bicyclic) bond motifs is 3. The van der Waals surface area contributed by atoms with Gasteiger partial charge in [-0.3, -0.25) is 19.5 Å². The van der Waals surface area contributed by atoms with Crippen LogP contribution in [-0.2, 0) is 22.4 Å². The minimum absolute atomic E-state index is 0.0594. The van der Waals surface area contributed by atoms with E-state index in [2.05, 4.69) is 31.2 Å². The van der Waals surface area contributed by atoms with Gasteiger partial charge in [-0.25, -0.2) is 0 Å². The second kappa shape index (κ2) is 8.58. The molecule has 3 aliphatic rings. The minimum Gasteiger partial charge on any atom is -0.341 e. The van der Waals surface area contributed by atoms with Crippen LogP contribution in [0.3, 0.4) is 0 Å². The third kappa shape index (κ3) is 3.93. The highest BCUT2D eigenvalue weighted by atomic mass is 32.1. The summed E-state index contributed by atoms with van der Waals surface area (Å²) in [7, 11) is 0. The number of aliphatic imine (C=N–C) groups is 1. The summed E-state index contributed by atoms with van der Waals surface area (Å²) in [4.78, 5) is 36.1. The first-order valence-electron chi connectivity index (χ1n) is 11.5. The number of anilines is 1. The molecule has 1 aromatic heterocycles. The van der Waals surface area contributed by atoms with Crippen molar-refractivity contribution >= 4 is 33.9 Å². The van der Waals surface area contributed by atoms with E-state index in [0.29, 0.717) is 0 Å². The van der Waals surface area contributed by atoms with Crippen LogP contribution in [0, 0.1) is 6.92 Å². The Morgan fingerprint density at radius 2 is 1.77 bits per heavy atom. The van der Waals surface area contributed by atoms with Gasteiger partial charge in [0.25, 0.3) is 0 Å². The molecule has 0 spiro atoms. The fraction of sp³-hybridized carbons (Fsp3) is 0.480. The summed E-state index contributed by atoms with van der Waals surface area (Å²) in [5, 5.41) is 0.930. The van der Waals surface area contributed by atoms with Gasteiger partial charge < -0.3 is 4.90 Å². The van der Waals surface area contributed by atoms with Crippen LogP contribution in [0.1, 0.15) is 59.2 Å². The van der Waals surface area contributed by atoms with Crippen LogP contribution in [0.15, 0.2) is 29.3 Å². The molecule has 0 atom stereocenters. The lowest BCUT2D eigenvalue weighted by atomic mass is 9.91. The number of benzene rings is 1. The standard InChI is InChI=1S/C25H29N3O2S/c1-17-9-11-18(12-10-17)24-23-19-7-3-4-8-20(19)31-25(23)28(21(29)15-26-24)16-22(30)27-13-5-2-6-14-27/h9-12H,2-8,13-16H2,1H3. The number of amides is 2. The molecule has 31 heavy (non-hydrogen) atoms. The third-order valence-corrected chi connectivity index (χ3v) is 7.95. The van der Waals surface area contributed by atoms with Gasteiger partial charge in [0.1, 0.15) is 18.1 Å². The fourth-order valence-electron chi connectivity index (χ4n) is 4.90. The maximum Gasteiger partial charge on any atom is 0.249 e. The number of hydrogen-bond acceptors (Lipinski definition) is 4. The highest BCUT2D eigenvalue weighted by molar-refractivity contribution is 7.17. The number of nitrogens with zero attached hydrogens (tertiary/aromatic N) is 3. The van der Waals surface area contributed by atoms with Crippen molar-refractivity contribution < 1.29 is 9.59 Å². The van der Waals surface area contributed by atoms with Crippen molar-refractivity contribution in [1.29, 1.82) is 0 Å². The maximum absolute atomic E-state index is 13.2. The van der Waals surface area contributed by atoms with Crippen molar-refractivity contribution in [2.45, 2.75) is 51.9 Å². The number of likely N-dealkylation sites (tertiary alicyclic amines) is 1. The first kappa shape index (κ1) is 20.4. The topological polar surface area (TPSA) is 53.0 Å². The van der Waals surface area contributed by atoms with Gasteiger partial charge in [-0.05, 0) is 57.4 Å². The molecule has 2 aliphatic heterocycles. The molecule has 162 valence electrons.